The van der Waals surface area contributed by atoms with E-state index in [2.05, 4.69) is 20.5 Å². The summed E-state index contributed by atoms with van der Waals surface area (Å²) in [4.78, 5) is 16.6. The van der Waals surface area contributed by atoms with Crippen molar-refractivity contribution in [3.8, 4) is 0 Å². The molecule has 2 N–H and O–H groups in total. The van der Waals surface area contributed by atoms with Gasteiger partial charge in [0.05, 0.1) is 11.7 Å². The first kappa shape index (κ1) is 12.6. The second-order valence-electron chi connectivity index (χ2n) is 5.04. The van der Waals surface area contributed by atoms with E-state index in [-0.39, 0.29) is 5.91 Å². The minimum absolute atomic E-state index is 0.199. The number of nitrogens with one attached hydrogen (secondary N) is 2. The molecule has 2 heterocycles. The lowest BCUT2D eigenvalue weighted by atomic mass is 10.2. The van der Waals surface area contributed by atoms with Crippen molar-refractivity contribution in [3.05, 3.63) is 54.0 Å². The van der Waals surface area contributed by atoms with E-state index in [1.165, 1.54) is 0 Å². The van der Waals surface area contributed by atoms with Crippen molar-refractivity contribution in [2.45, 2.75) is 6.92 Å². The second-order valence-corrected chi connectivity index (χ2v) is 5.04. The lowest BCUT2D eigenvalue weighted by Gasteiger charge is -2.05. The molecule has 0 atom stereocenters. The molecule has 4 rings (SSSR count). The first-order valence-corrected chi connectivity index (χ1v) is 6.81. The van der Waals surface area contributed by atoms with Crippen LogP contribution in [0.2, 0.25) is 0 Å². The first-order chi connectivity index (χ1) is 10.7. The van der Waals surface area contributed by atoms with Gasteiger partial charge in [0.25, 0.3) is 5.91 Å². The molecule has 22 heavy (non-hydrogen) atoms. The number of aryl methyl sites for hydroxylation is 1. The van der Waals surface area contributed by atoms with Gasteiger partial charge in [-0.25, -0.2) is 4.98 Å². The number of nitrogens with zero attached hydrogens (tertiary/aromatic N) is 2. The monoisotopic (exact) mass is 292 g/mol. The van der Waals surface area contributed by atoms with Crippen LogP contribution in [0.5, 0.6) is 0 Å². The Bertz CT molecular complexity index is 1000. The number of carbonyl (C=O) groups is 1. The summed E-state index contributed by atoms with van der Waals surface area (Å²) in [5.41, 5.74) is 3.45. The second kappa shape index (κ2) is 4.70. The zero-order chi connectivity index (χ0) is 15.1. The minimum Gasteiger partial charge on any atom is -0.441 e. The van der Waals surface area contributed by atoms with E-state index in [1.807, 2.05) is 18.2 Å². The van der Waals surface area contributed by atoms with E-state index in [4.69, 9.17) is 4.42 Å². The standard InChI is InChI=1S/C16H12N4O2/c1-9-18-13-5-3-10(6-15(13)22-9)16(21)19-12-4-2-11-8-17-20-14(11)7-12/h2-8H,1H3,(H,17,20)(H,19,21). The highest BCUT2D eigenvalue weighted by Gasteiger charge is 2.10. The van der Waals surface area contributed by atoms with Crippen LogP contribution in [0.15, 0.2) is 47.0 Å². The van der Waals surface area contributed by atoms with Crippen molar-refractivity contribution in [3.63, 3.8) is 0 Å². The van der Waals surface area contributed by atoms with Gasteiger partial charge in [-0.1, -0.05) is 0 Å². The Labute approximate surface area is 125 Å². The van der Waals surface area contributed by atoms with E-state index < -0.39 is 0 Å². The Morgan fingerprint density at radius 2 is 2.14 bits per heavy atom. The Morgan fingerprint density at radius 3 is 3.05 bits per heavy atom. The Morgan fingerprint density at radius 1 is 1.23 bits per heavy atom. The normalized spacial score (nSPS) is 11.1. The number of anilines is 1. The highest BCUT2D eigenvalue weighted by atomic mass is 16.3. The van der Waals surface area contributed by atoms with Crippen LogP contribution in [-0.4, -0.2) is 21.1 Å². The molecule has 0 spiro atoms. The predicted molar refractivity (Wildman–Crippen MR) is 82.8 cm³/mol. The number of oxazole rings is 1. The van der Waals surface area contributed by atoms with Crippen molar-refractivity contribution in [2.75, 3.05) is 5.32 Å². The van der Waals surface area contributed by atoms with Gasteiger partial charge >= 0.3 is 0 Å². The number of rotatable bonds is 2. The van der Waals surface area contributed by atoms with Crippen LogP contribution in [0.1, 0.15) is 16.2 Å². The summed E-state index contributed by atoms with van der Waals surface area (Å²) in [6, 6.07) is 10.8. The first-order valence-electron chi connectivity index (χ1n) is 6.81. The number of benzene rings is 2. The maximum Gasteiger partial charge on any atom is 0.255 e. The third-order valence-corrected chi connectivity index (χ3v) is 3.46. The highest BCUT2D eigenvalue weighted by molar-refractivity contribution is 6.06. The fraction of sp³-hybridized carbons (Fsp3) is 0.0625. The topological polar surface area (TPSA) is 83.8 Å². The zero-order valence-electron chi connectivity index (χ0n) is 11.8. The number of hydrogen-bond donors (Lipinski definition) is 2. The van der Waals surface area contributed by atoms with E-state index in [1.54, 1.807) is 31.3 Å². The van der Waals surface area contributed by atoms with E-state index in [0.29, 0.717) is 22.7 Å². The highest BCUT2D eigenvalue weighted by Crippen LogP contribution is 2.20. The predicted octanol–water partition coefficient (Wildman–Crippen LogP) is 3.26. The van der Waals surface area contributed by atoms with Crippen molar-refractivity contribution in [1.29, 1.82) is 0 Å². The fourth-order valence-electron chi connectivity index (χ4n) is 2.40. The number of aromatic amines is 1. The molecule has 0 aliphatic rings. The number of hydrogen-bond acceptors (Lipinski definition) is 4. The molecule has 2 aromatic heterocycles. The summed E-state index contributed by atoms with van der Waals surface area (Å²) in [7, 11) is 0. The molecule has 1 amide bonds. The molecular formula is C16H12N4O2. The summed E-state index contributed by atoms with van der Waals surface area (Å²) in [5.74, 6) is 0.382. The van der Waals surface area contributed by atoms with Crippen molar-refractivity contribution in [1.82, 2.24) is 15.2 Å². The van der Waals surface area contributed by atoms with Crippen molar-refractivity contribution >= 4 is 33.6 Å². The van der Waals surface area contributed by atoms with Crippen LogP contribution >= 0.6 is 0 Å². The average molecular weight is 292 g/mol. The summed E-state index contributed by atoms with van der Waals surface area (Å²) in [5, 5.41) is 10.7. The van der Waals surface area contributed by atoms with Gasteiger partial charge in [-0.2, -0.15) is 5.10 Å². The number of H-pyrrole nitrogens is 1. The van der Waals surface area contributed by atoms with Gasteiger partial charge in [0, 0.05) is 23.6 Å². The lowest BCUT2D eigenvalue weighted by Crippen LogP contribution is -2.11. The SMILES string of the molecule is Cc1nc2ccc(C(=O)Nc3ccc4cn[nH]c4c3)cc2o1. The van der Waals surface area contributed by atoms with Crippen LogP contribution in [0, 0.1) is 6.92 Å². The van der Waals surface area contributed by atoms with E-state index in [9.17, 15) is 4.79 Å². The molecule has 2 aromatic carbocycles. The van der Waals surface area contributed by atoms with Gasteiger partial charge in [-0.05, 0) is 36.4 Å². The molecule has 6 nitrogen and oxygen atoms in total. The summed E-state index contributed by atoms with van der Waals surface area (Å²) >= 11 is 0. The molecule has 0 fully saturated rings. The zero-order valence-corrected chi connectivity index (χ0v) is 11.8. The van der Waals surface area contributed by atoms with Crippen LogP contribution in [-0.2, 0) is 0 Å². The lowest BCUT2D eigenvalue weighted by molar-refractivity contribution is 0.102. The summed E-state index contributed by atoms with van der Waals surface area (Å²) in [6.07, 6.45) is 1.74. The molecule has 4 aromatic rings. The Kier molecular flexibility index (Phi) is 2.69. The fourth-order valence-corrected chi connectivity index (χ4v) is 2.40. The van der Waals surface area contributed by atoms with Gasteiger partial charge in [0.15, 0.2) is 11.5 Å². The van der Waals surface area contributed by atoms with Crippen LogP contribution < -0.4 is 5.32 Å². The number of aromatic nitrogens is 3. The van der Waals surface area contributed by atoms with Crippen LogP contribution in [0.3, 0.4) is 0 Å². The van der Waals surface area contributed by atoms with Gasteiger partial charge in [-0.3, -0.25) is 9.89 Å². The molecule has 0 saturated heterocycles. The summed E-state index contributed by atoms with van der Waals surface area (Å²) in [6.45, 7) is 1.78. The molecule has 0 bridgehead atoms. The smallest absolute Gasteiger partial charge is 0.255 e. The third-order valence-electron chi connectivity index (χ3n) is 3.46. The number of amides is 1. The third kappa shape index (κ3) is 2.10. The quantitative estimate of drug-likeness (QED) is 0.594. The van der Waals surface area contributed by atoms with Gasteiger partial charge in [0.1, 0.15) is 5.52 Å². The van der Waals surface area contributed by atoms with Crippen LogP contribution in [0.25, 0.3) is 22.0 Å². The molecule has 0 aliphatic carbocycles. The molecule has 0 radical (unpaired) electrons. The summed E-state index contributed by atoms with van der Waals surface area (Å²) < 4.78 is 5.45. The molecule has 0 unspecified atom stereocenters. The molecule has 0 aliphatic heterocycles. The Balaban J connectivity index is 1.64. The van der Waals surface area contributed by atoms with Gasteiger partial charge in [0.2, 0.25) is 0 Å². The maximum atomic E-state index is 12.3. The average Bonchev–Trinajstić information content (AvgIpc) is 3.10. The van der Waals surface area contributed by atoms with E-state index >= 15 is 0 Å². The van der Waals surface area contributed by atoms with Crippen molar-refractivity contribution < 1.29 is 9.21 Å². The number of carbonyl (C=O) groups excluding carboxylic acids is 1. The maximum absolute atomic E-state index is 12.3. The molecule has 108 valence electrons. The minimum atomic E-state index is -0.199. The van der Waals surface area contributed by atoms with Crippen molar-refractivity contribution in [2.24, 2.45) is 0 Å². The molecular weight excluding hydrogens is 280 g/mol. The van der Waals surface area contributed by atoms with E-state index in [0.717, 1.165) is 16.4 Å². The van der Waals surface area contributed by atoms with Gasteiger partial charge in [-0.15, -0.1) is 0 Å². The van der Waals surface area contributed by atoms with Crippen LogP contribution in [0.4, 0.5) is 5.69 Å². The Hall–Kier alpha value is -3.15. The molecule has 6 heteroatoms. The largest absolute Gasteiger partial charge is 0.441 e. The number of fused-ring (bicyclic) bond motifs is 2. The molecule has 0 saturated carbocycles. The van der Waals surface area contributed by atoms with Gasteiger partial charge < -0.3 is 9.73 Å².